The van der Waals surface area contributed by atoms with E-state index in [-0.39, 0.29) is 17.0 Å². The predicted molar refractivity (Wildman–Crippen MR) is 126 cm³/mol. The van der Waals surface area contributed by atoms with Crippen LogP contribution in [-0.4, -0.2) is 38.3 Å². The number of hydrogen-bond donors (Lipinski definition) is 2. The highest BCUT2D eigenvalue weighted by molar-refractivity contribution is 7.90. The van der Waals surface area contributed by atoms with Crippen LogP contribution in [0.4, 0.5) is 5.69 Å². The van der Waals surface area contributed by atoms with Crippen LogP contribution in [0, 0.1) is 6.92 Å². The van der Waals surface area contributed by atoms with E-state index in [0.717, 1.165) is 47.2 Å². The zero-order valence-corrected chi connectivity index (χ0v) is 18.9. The van der Waals surface area contributed by atoms with E-state index in [0.29, 0.717) is 0 Å². The molecule has 0 spiro atoms. The molecule has 3 aromatic carbocycles. The van der Waals surface area contributed by atoms with Gasteiger partial charge in [-0.2, -0.15) is 0 Å². The standard InChI is InChI=1S/C25H27N3O3S/c1-19-6-12-22(13-7-19)27-17-16-26-15-14-20-8-10-21(11-9-20)18-28-25(29)23-4-2-3-5-24(23)32(28,30)31/h2-13,26-27H,14-18H2,1H3. The Hall–Kier alpha value is -3.16. The molecule has 4 rings (SSSR count). The largest absolute Gasteiger partial charge is 0.384 e. The number of aryl methyl sites for hydroxylation is 1. The average Bonchev–Trinajstić information content (AvgIpc) is 2.99. The van der Waals surface area contributed by atoms with Gasteiger partial charge in [-0.15, -0.1) is 0 Å². The summed E-state index contributed by atoms with van der Waals surface area (Å²) in [5.74, 6) is -0.465. The first-order valence-electron chi connectivity index (χ1n) is 10.7. The van der Waals surface area contributed by atoms with Crippen molar-refractivity contribution in [2.45, 2.75) is 24.8 Å². The molecule has 1 aliphatic rings. The second-order valence-electron chi connectivity index (χ2n) is 7.92. The first kappa shape index (κ1) is 22.0. The molecule has 6 nitrogen and oxygen atoms in total. The fraction of sp³-hybridized carbons (Fsp3) is 0.240. The van der Waals surface area contributed by atoms with Gasteiger partial charge in [0.2, 0.25) is 0 Å². The average molecular weight is 450 g/mol. The van der Waals surface area contributed by atoms with Crippen molar-refractivity contribution in [3.63, 3.8) is 0 Å². The van der Waals surface area contributed by atoms with Gasteiger partial charge in [-0.05, 0) is 55.3 Å². The van der Waals surface area contributed by atoms with Crippen molar-refractivity contribution < 1.29 is 13.2 Å². The number of rotatable bonds is 9. The van der Waals surface area contributed by atoms with Crippen LogP contribution in [0.3, 0.4) is 0 Å². The molecule has 0 bridgehead atoms. The van der Waals surface area contributed by atoms with Crippen molar-refractivity contribution >= 4 is 21.6 Å². The molecule has 0 radical (unpaired) electrons. The van der Waals surface area contributed by atoms with Crippen molar-refractivity contribution in [1.82, 2.24) is 9.62 Å². The summed E-state index contributed by atoms with van der Waals surface area (Å²) < 4.78 is 26.3. The molecule has 166 valence electrons. The van der Waals surface area contributed by atoms with E-state index in [1.165, 1.54) is 11.6 Å². The molecule has 0 aliphatic carbocycles. The zero-order valence-electron chi connectivity index (χ0n) is 18.0. The molecule has 0 saturated carbocycles. The van der Waals surface area contributed by atoms with Gasteiger partial charge in [0.05, 0.1) is 12.1 Å². The second-order valence-corrected chi connectivity index (χ2v) is 9.75. The highest BCUT2D eigenvalue weighted by Gasteiger charge is 2.40. The molecule has 0 atom stereocenters. The molecule has 32 heavy (non-hydrogen) atoms. The van der Waals surface area contributed by atoms with Gasteiger partial charge in [0.25, 0.3) is 15.9 Å². The van der Waals surface area contributed by atoms with Gasteiger partial charge in [0, 0.05) is 18.8 Å². The van der Waals surface area contributed by atoms with Crippen LogP contribution in [0.1, 0.15) is 27.0 Å². The Kier molecular flexibility index (Phi) is 6.58. The minimum atomic E-state index is -3.78. The maximum Gasteiger partial charge on any atom is 0.269 e. The van der Waals surface area contributed by atoms with Crippen LogP contribution in [0.2, 0.25) is 0 Å². The Labute approximate surface area is 189 Å². The first-order valence-corrected chi connectivity index (χ1v) is 12.1. The zero-order chi connectivity index (χ0) is 22.6. The lowest BCUT2D eigenvalue weighted by Crippen LogP contribution is -2.29. The highest BCUT2D eigenvalue weighted by atomic mass is 32.2. The molecule has 1 aliphatic heterocycles. The number of nitrogens with one attached hydrogen (secondary N) is 2. The van der Waals surface area contributed by atoms with Gasteiger partial charge in [0.15, 0.2) is 0 Å². The predicted octanol–water partition coefficient (Wildman–Crippen LogP) is 3.58. The van der Waals surface area contributed by atoms with Crippen molar-refractivity contribution in [2.24, 2.45) is 0 Å². The van der Waals surface area contributed by atoms with Crippen LogP contribution < -0.4 is 10.6 Å². The summed E-state index contributed by atoms with van der Waals surface area (Å²) in [6.45, 7) is 4.68. The molecule has 1 amide bonds. The Morgan fingerprint density at radius 2 is 1.50 bits per heavy atom. The lowest BCUT2D eigenvalue weighted by atomic mass is 10.1. The number of carbonyl (C=O) groups is 1. The number of sulfonamides is 1. The van der Waals surface area contributed by atoms with Crippen LogP contribution in [-0.2, 0) is 23.0 Å². The molecular formula is C25H27N3O3S. The van der Waals surface area contributed by atoms with E-state index in [9.17, 15) is 13.2 Å². The third-order valence-electron chi connectivity index (χ3n) is 5.53. The molecule has 0 aromatic heterocycles. The summed E-state index contributed by atoms with van der Waals surface area (Å²) in [6.07, 6.45) is 0.872. The van der Waals surface area contributed by atoms with E-state index in [1.807, 2.05) is 24.3 Å². The number of anilines is 1. The van der Waals surface area contributed by atoms with Gasteiger partial charge < -0.3 is 10.6 Å². The Morgan fingerprint density at radius 3 is 2.22 bits per heavy atom. The molecule has 0 fully saturated rings. The Bertz CT molecular complexity index is 1190. The van der Waals surface area contributed by atoms with Crippen LogP contribution >= 0.6 is 0 Å². The molecule has 0 saturated heterocycles. The number of hydrogen-bond acceptors (Lipinski definition) is 5. The number of fused-ring (bicyclic) bond motifs is 1. The van der Waals surface area contributed by atoms with Gasteiger partial charge >= 0.3 is 0 Å². The van der Waals surface area contributed by atoms with Gasteiger partial charge in [-0.3, -0.25) is 4.79 Å². The molecule has 0 unspecified atom stereocenters. The van der Waals surface area contributed by atoms with Crippen LogP contribution in [0.15, 0.2) is 77.7 Å². The quantitative estimate of drug-likeness (QED) is 0.488. The number of amides is 1. The SMILES string of the molecule is Cc1ccc(NCCNCCc2ccc(CN3C(=O)c4ccccc4S3(=O)=O)cc2)cc1. The molecule has 1 heterocycles. The summed E-state index contributed by atoms with van der Waals surface area (Å²) in [5, 5.41) is 6.81. The summed E-state index contributed by atoms with van der Waals surface area (Å²) in [4.78, 5) is 12.6. The van der Waals surface area contributed by atoms with Crippen molar-refractivity contribution in [3.8, 4) is 0 Å². The minimum absolute atomic E-state index is 0.0407. The third kappa shape index (κ3) is 4.84. The van der Waals surface area contributed by atoms with Crippen molar-refractivity contribution in [2.75, 3.05) is 25.0 Å². The monoisotopic (exact) mass is 449 g/mol. The molecule has 7 heteroatoms. The second kappa shape index (κ2) is 9.54. The van der Waals surface area contributed by atoms with E-state index in [2.05, 4.69) is 41.8 Å². The first-order chi connectivity index (χ1) is 15.4. The number of nitrogens with zero attached hydrogens (tertiary/aromatic N) is 1. The Morgan fingerprint density at radius 1 is 0.812 bits per heavy atom. The van der Waals surface area contributed by atoms with E-state index < -0.39 is 15.9 Å². The topological polar surface area (TPSA) is 78.5 Å². The van der Waals surface area contributed by atoms with Gasteiger partial charge in [0.1, 0.15) is 4.90 Å². The van der Waals surface area contributed by atoms with Crippen molar-refractivity contribution in [1.29, 1.82) is 0 Å². The maximum absolute atomic E-state index is 12.7. The minimum Gasteiger partial charge on any atom is -0.384 e. The normalized spacial score (nSPS) is 14.4. The van der Waals surface area contributed by atoms with E-state index in [1.54, 1.807) is 18.2 Å². The summed E-state index contributed by atoms with van der Waals surface area (Å²) in [5.41, 5.74) is 4.56. The summed E-state index contributed by atoms with van der Waals surface area (Å²) in [6, 6.07) is 22.4. The smallest absolute Gasteiger partial charge is 0.269 e. The molecule has 3 aromatic rings. The van der Waals surface area contributed by atoms with E-state index in [4.69, 9.17) is 0 Å². The highest BCUT2D eigenvalue weighted by Crippen LogP contribution is 2.31. The lowest BCUT2D eigenvalue weighted by Gasteiger charge is -2.15. The maximum atomic E-state index is 12.7. The van der Waals surface area contributed by atoms with Gasteiger partial charge in [-0.25, -0.2) is 12.7 Å². The lowest BCUT2D eigenvalue weighted by molar-refractivity contribution is 0.0865. The fourth-order valence-electron chi connectivity index (χ4n) is 3.69. The van der Waals surface area contributed by atoms with Crippen LogP contribution in [0.5, 0.6) is 0 Å². The molecular weight excluding hydrogens is 422 g/mol. The number of benzene rings is 3. The molecule has 2 N–H and O–H groups in total. The van der Waals surface area contributed by atoms with E-state index >= 15 is 0 Å². The number of carbonyl (C=O) groups excluding carboxylic acids is 1. The van der Waals surface area contributed by atoms with Crippen molar-refractivity contribution in [3.05, 3.63) is 95.1 Å². The summed E-state index contributed by atoms with van der Waals surface area (Å²) >= 11 is 0. The third-order valence-corrected chi connectivity index (χ3v) is 7.32. The Balaban J connectivity index is 1.23. The summed E-state index contributed by atoms with van der Waals surface area (Å²) in [7, 11) is -3.78. The fourth-order valence-corrected chi connectivity index (χ4v) is 5.25. The van der Waals surface area contributed by atoms with Crippen LogP contribution in [0.25, 0.3) is 0 Å². The van der Waals surface area contributed by atoms with Gasteiger partial charge in [-0.1, -0.05) is 54.1 Å².